The summed E-state index contributed by atoms with van der Waals surface area (Å²) in [4.78, 5) is 9.52. The van der Waals surface area contributed by atoms with Crippen LogP contribution in [0.1, 0.15) is 11.1 Å². The van der Waals surface area contributed by atoms with Crippen LogP contribution in [0.25, 0.3) is 0 Å². The third kappa shape index (κ3) is 5.81. The molecule has 0 aliphatic rings. The summed E-state index contributed by atoms with van der Waals surface area (Å²) < 4.78 is 0. The summed E-state index contributed by atoms with van der Waals surface area (Å²) in [5.41, 5.74) is 15.4. The average molecular weight is 449 g/mol. The van der Waals surface area contributed by atoms with E-state index in [0.29, 0.717) is 11.9 Å². The molecule has 6 nitrogen and oxygen atoms in total. The van der Waals surface area contributed by atoms with E-state index in [1.807, 2.05) is 123 Å². The van der Waals surface area contributed by atoms with E-state index in [1.165, 1.54) is 0 Å². The molecule has 4 aromatic carbocycles. The van der Waals surface area contributed by atoms with Crippen molar-refractivity contribution in [1.82, 2.24) is 5.43 Å². The molecule has 0 atom stereocenters. The molecule has 0 fully saturated rings. The third-order valence-electron chi connectivity index (χ3n) is 5.19. The van der Waals surface area contributed by atoms with Gasteiger partial charge >= 0.3 is 0 Å². The molecule has 0 bridgehead atoms. The number of hydrazine groups is 1. The molecule has 4 aromatic rings. The normalized spacial score (nSPS) is 11.7. The number of nitrogens with one attached hydrogen (secondary N) is 2. The lowest BCUT2D eigenvalue weighted by Crippen LogP contribution is -2.52. The van der Waals surface area contributed by atoms with E-state index in [0.717, 1.165) is 33.9 Å². The number of hydrogen-bond donors (Lipinski definition) is 3. The van der Waals surface area contributed by atoms with Crippen LogP contribution in [0.2, 0.25) is 0 Å². The zero-order valence-corrected chi connectivity index (χ0v) is 19.3. The van der Waals surface area contributed by atoms with Crippen LogP contribution in [0.3, 0.4) is 0 Å². The van der Waals surface area contributed by atoms with E-state index < -0.39 is 0 Å². The highest BCUT2D eigenvalue weighted by Gasteiger charge is 2.16. The highest BCUT2D eigenvalue weighted by atomic mass is 15.6. The van der Waals surface area contributed by atoms with Gasteiger partial charge in [0.1, 0.15) is 0 Å². The molecule has 0 aliphatic carbocycles. The van der Waals surface area contributed by atoms with Gasteiger partial charge in [-0.2, -0.15) is 0 Å². The van der Waals surface area contributed by atoms with Crippen molar-refractivity contribution < 1.29 is 0 Å². The molecule has 0 spiro atoms. The summed E-state index contributed by atoms with van der Waals surface area (Å²) in [6.45, 7) is 4.04. The number of benzene rings is 4. The van der Waals surface area contributed by atoms with Crippen LogP contribution in [0.5, 0.6) is 0 Å². The second-order valence-corrected chi connectivity index (χ2v) is 7.78. The number of guanidine groups is 2. The Morgan fingerprint density at radius 3 is 1.94 bits per heavy atom. The van der Waals surface area contributed by atoms with Crippen molar-refractivity contribution in [3.63, 3.8) is 0 Å². The van der Waals surface area contributed by atoms with Gasteiger partial charge in [0, 0.05) is 5.69 Å². The Morgan fingerprint density at radius 2 is 1.26 bits per heavy atom. The van der Waals surface area contributed by atoms with E-state index >= 15 is 0 Å². The van der Waals surface area contributed by atoms with Gasteiger partial charge in [0.2, 0.25) is 11.9 Å². The van der Waals surface area contributed by atoms with Crippen LogP contribution < -0.4 is 21.5 Å². The first-order valence-electron chi connectivity index (χ1n) is 11.1. The molecule has 0 heterocycles. The molecule has 0 saturated heterocycles. The Morgan fingerprint density at radius 1 is 0.676 bits per heavy atom. The molecule has 4 rings (SSSR count). The van der Waals surface area contributed by atoms with E-state index in [4.69, 9.17) is 15.7 Å². The lowest BCUT2D eigenvalue weighted by molar-refractivity contribution is 0.939. The minimum atomic E-state index is 0.291. The summed E-state index contributed by atoms with van der Waals surface area (Å²) in [5.74, 6) is 0.794. The molecule has 170 valence electrons. The molecule has 0 aromatic heterocycles. The third-order valence-corrected chi connectivity index (χ3v) is 5.19. The van der Waals surface area contributed by atoms with Gasteiger partial charge in [0.15, 0.2) is 0 Å². The molecule has 0 radical (unpaired) electrons. The molecule has 34 heavy (non-hydrogen) atoms. The van der Waals surface area contributed by atoms with Crippen molar-refractivity contribution in [1.29, 1.82) is 0 Å². The van der Waals surface area contributed by atoms with Crippen molar-refractivity contribution in [2.24, 2.45) is 15.7 Å². The van der Waals surface area contributed by atoms with Crippen LogP contribution in [0.4, 0.5) is 22.7 Å². The van der Waals surface area contributed by atoms with Crippen molar-refractivity contribution >= 4 is 34.7 Å². The van der Waals surface area contributed by atoms with E-state index in [-0.39, 0.29) is 0 Å². The fraction of sp³-hybridized carbons (Fsp3) is 0.0714. The van der Waals surface area contributed by atoms with E-state index in [2.05, 4.69) is 10.7 Å². The first kappa shape index (κ1) is 22.6. The number of nitrogens with zero attached hydrogens (tertiary/aromatic N) is 3. The fourth-order valence-corrected chi connectivity index (χ4v) is 3.39. The molecule has 6 heteroatoms. The van der Waals surface area contributed by atoms with Gasteiger partial charge in [0.05, 0.1) is 17.1 Å². The maximum absolute atomic E-state index is 6.59. The summed E-state index contributed by atoms with van der Waals surface area (Å²) in [6.07, 6.45) is 0. The maximum atomic E-state index is 6.59. The largest absolute Gasteiger partial charge is 0.368 e. The SMILES string of the molecule is Cc1ccccc1N=C(N)N(NC(=Nc1ccccc1)Nc1ccccc1)c1ccccc1C. The Kier molecular flexibility index (Phi) is 7.20. The van der Waals surface area contributed by atoms with Crippen LogP contribution in [-0.4, -0.2) is 11.9 Å². The van der Waals surface area contributed by atoms with E-state index in [9.17, 15) is 0 Å². The quantitative estimate of drug-likeness (QED) is 0.201. The topological polar surface area (TPSA) is 78.0 Å². The molecule has 0 unspecified atom stereocenters. The maximum Gasteiger partial charge on any atom is 0.220 e. The van der Waals surface area contributed by atoms with Crippen LogP contribution >= 0.6 is 0 Å². The monoisotopic (exact) mass is 448 g/mol. The Hall–Kier alpha value is -4.58. The number of aryl methyl sites for hydroxylation is 2. The molecule has 0 amide bonds. The van der Waals surface area contributed by atoms with Crippen molar-refractivity contribution in [2.45, 2.75) is 13.8 Å². The van der Waals surface area contributed by atoms with Gasteiger partial charge in [0.25, 0.3) is 0 Å². The second kappa shape index (κ2) is 10.8. The summed E-state index contributed by atoms with van der Waals surface area (Å²) in [6, 6.07) is 35.5. The Bertz CT molecular complexity index is 1280. The van der Waals surface area contributed by atoms with Crippen LogP contribution in [0.15, 0.2) is 119 Å². The summed E-state index contributed by atoms with van der Waals surface area (Å²) >= 11 is 0. The molecule has 0 aliphatic heterocycles. The van der Waals surface area contributed by atoms with Gasteiger partial charge in [-0.15, -0.1) is 0 Å². The lowest BCUT2D eigenvalue weighted by atomic mass is 10.2. The molecular weight excluding hydrogens is 420 g/mol. The lowest BCUT2D eigenvalue weighted by Gasteiger charge is -2.27. The van der Waals surface area contributed by atoms with Crippen molar-refractivity contribution in [3.05, 3.63) is 120 Å². The van der Waals surface area contributed by atoms with Gasteiger partial charge < -0.3 is 11.1 Å². The van der Waals surface area contributed by atoms with Crippen molar-refractivity contribution in [2.75, 3.05) is 10.3 Å². The molecule has 4 N–H and O–H groups in total. The predicted octanol–water partition coefficient (Wildman–Crippen LogP) is 6.06. The highest BCUT2D eigenvalue weighted by Crippen LogP contribution is 2.22. The Labute approximate surface area is 200 Å². The standard InChI is InChI=1S/C28H28N6/c1-21-13-9-11-19-25(21)32-27(29)34(26-20-12-10-14-22(26)2)33-28(30-23-15-5-3-6-16-23)31-24-17-7-4-8-18-24/h3-20H,1-2H3,(H2,29,32)(H2,30,31,33). The minimum Gasteiger partial charge on any atom is -0.368 e. The smallest absolute Gasteiger partial charge is 0.220 e. The predicted molar refractivity (Wildman–Crippen MR) is 143 cm³/mol. The average Bonchev–Trinajstić information content (AvgIpc) is 2.85. The molecular formula is C28H28N6. The van der Waals surface area contributed by atoms with Gasteiger partial charge in [-0.05, 0) is 61.4 Å². The van der Waals surface area contributed by atoms with Gasteiger partial charge in [-0.3, -0.25) is 5.43 Å². The van der Waals surface area contributed by atoms with Crippen LogP contribution in [-0.2, 0) is 0 Å². The second-order valence-electron chi connectivity index (χ2n) is 7.78. The first-order chi connectivity index (χ1) is 16.6. The number of hydrogen-bond acceptors (Lipinski definition) is 2. The zero-order valence-electron chi connectivity index (χ0n) is 19.3. The number of para-hydroxylation sites is 4. The number of anilines is 2. The highest BCUT2D eigenvalue weighted by molar-refractivity contribution is 6.03. The number of aliphatic imine (C=N–C) groups is 2. The summed E-state index contributed by atoms with van der Waals surface area (Å²) in [7, 11) is 0. The zero-order chi connectivity index (χ0) is 23.8. The number of nitrogens with two attached hydrogens (primary N) is 1. The Balaban J connectivity index is 1.76. The van der Waals surface area contributed by atoms with Gasteiger partial charge in [-0.25, -0.2) is 15.0 Å². The van der Waals surface area contributed by atoms with Crippen LogP contribution in [0, 0.1) is 13.8 Å². The number of rotatable bonds is 4. The minimum absolute atomic E-state index is 0.291. The van der Waals surface area contributed by atoms with Crippen molar-refractivity contribution in [3.8, 4) is 0 Å². The fourth-order valence-electron chi connectivity index (χ4n) is 3.39. The van der Waals surface area contributed by atoms with E-state index in [1.54, 1.807) is 5.01 Å². The van der Waals surface area contributed by atoms with Gasteiger partial charge in [-0.1, -0.05) is 72.8 Å². The first-order valence-corrected chi connectivity index (χ1v) is 11.1. The summed E-state index contributed by atoms with van der Waals surface area (Å²) in [5, 5.41) is 5.11. The molecule has 0 saturated carbocycles.